The van der Waals surface area contributed by atoms with Crippen molar-refractivity contribution in [2.45, 2.75) is 38.0 Å². The standard InChI is InChI=1S/C26H24ClN5O4/c1-16(2)36-22-13-10-19(14-29-22)23(18-8-11-20(27)12-9-18)24(30-31-28)25(33)32-21(15-35-26(32)34)17-6-4-3-5-7-17/h3-14,16,21,23-24H,15H2,1-2H3/t21-,23+,24+/m1/s1. The number of pyridine rings is 1. The first-order chi connectivity index (χ1) is 17.4. The average Bonchev–Trinajstić information content (AvgIpc) is 3.27. The SMILES string of the molecule is CC(C)Oc1ccc([C@H](c2ccc(Cl)cc2)[C@H](N=[N+]=[N-])C(=O)N2C(=O)OC[C@@H]2c2ccccc2)cn1. The molecule has 3 atom stereocenters. The van der Waals surface area contributed by atoms with Crippen molar-refractivity contribution in [2.75, 3.05) is 6.61 Å². The molecule has 0 aliphatic carbocycles. The zero-order valence-electron chi connectivity index (χ0n) is 19.7. The van der Waals surface area contributed by atoms with Crippen molar-refractivity contribution in [1.29, 1.82) is 0 Å². The Hall–Kier alpha value is -4.07. The van der Waals surface area contributed by atoms with Gasteiger partial charge in [0.25, 0.3) is 0 Å². The van der Waals surface area contributed by atoms with Gasteiger partial charge in [0.15, 0.2) is 0 Å². The monoisotopic (exact) mass is 505 g/mol. The van der Waals surface area contributed by atoms with Gasteiger partial charge in [-0.25, -0.2) is 14.7 Å². The van der Waals surface area contributed by atoms with Gasteiger partial charge in [-0.05, 0) is 48.2 Å². The summed E-state index contributed by atoms with van der Waals surface area (Å²) < 4.78 is 10.9. The van der Waals surface area contributed by atoms with Gasteiger partial charge in [-0.1, -0.05) is 65.2 Å². The van der Waals surface area contributed by atoms with Gasteiger partial charge < -0.3 is 9.47 Å². The first kappa shape index (κ1) is 25.0. The highest BCUT2D eigenvalue weighted by molar-refractivity contribution is 6.30. The van der Waals surface area contributed by atoms with E-state index < -0.39 is 30.0 Å². The average molecular weight is 506 g/mol. The Morgan fingerprint density at radius 3 is 2.44 bits per heavy atom. The molecule has 184 valence electrons. The highest BCUT2D eigenvalue weighted by Crippen LogP contribution is 2.36. The number of ether oxygens (including phenoxy) is 2. The predicted octanol–water partition coefficient (Wildman–Crippen LogP) is 6.05. The van der Waals surface area contributed by atoms with Crippen LogP contribution in [-0.2, 0) is 9.53 Å². The fourth-order valence-electron chi connectivity index (χ4n) is 4.16. The number of carbonyl (C=O) groups excluding carboxylic acids is 2. The molecule has 3 aromatic rings. The van der Waals surface area contributed by atoms with E-state index in [0.29, 0.717) is 22.0 Å². The van der Waals surface area contributed by atoms with Crippen molar-refractivity contribution in [3.63, 3.8) is 0 Å². The third-order valence-electron chi connectivity index (χ3n) is 5.74. The number of benzene rings is 2. The van der Waals surface area contributed by atoms with Crippen LogP contribution >= 0.6 is 11.6 Å². The van der Waals surface area contributed by atoms with Crippen LogP contribution in [-0.4, -0.2) is 40.6 Å². The smallest absolute Gasteiger partial charge is 0.417 e. The molecule has 0 radical (unpaired) electrons. The quantitative estimate of drug-likeness (QED) is 0.210. The molecule has 1 aliphatic rings. The summed E-state index contributed by atoms with van der Waals surface area (Å²) in [7, 11) is 0. The van der Waals surface area contributed by atoms with Crippen LogP contribution in [0.15, 0.2) is 78.0 Å². The van der Waals surface area contributed by atoms with Gasteiger partial charge >= 0.3 is 6.09 Å². The lowest BCUT2D eigenvalue weighted by molar-refractivity contribution is -0.130. The second-order valence-corrected chi connectivity index (χ2v) is 8.92. The summed E-state index contributed by atoms with van der Waals surface area (Å²) in [5.41, 5.74) is 11.4. The van der Waals surface area contributed by atoms with Crippen molar-refractivity contribution in [2.24, 2.45) is 5.11 Å². The van der Waals surface area contributed by atoms with E-state index in [4.69, 9.17) is 21.1 Å². The maximum absolute atomic E-state index is 13.9. The molecule has 4 rings (SSSR count). The van der Waals surface area contributed by atoms with Gasteiger partial charge in [-0.3, -0.25) is 4.79 Å². The molecule has 0 bridgehead atoms. The van der Waals surface area contributed by atoms with E-state index >= 15 is 0 Å². The van der Waals surface area contributed by atoms with Crippen molar-refractivity contribution < 1.29 is 19.1 Å². The Balaban J connectivity index is 1.77. The lowest BCUT2D eigenvalue weighted by Gasteiger charge is -2.28. The molecule has 2 amide bonds. The van der Waals surface area contributed by atoms with Gasteiger partial charge in [0.1, 0.15) is 18.7 Å². The molecular formula is C26H24ClN5O4. The van der Waals surface area contributed by atoms with Crippen molar-refractivity contribution in [1.82, 2.24) is 9.88 Å². The lowest BCUT2D eigenvalue weighted by Crippen LogP contribution is -2.43. The lowest BCUT2D eigenvalue weighted by atomic mass is 9.85. The number of azide groups is 1. The molecule has 2 aromatic carbocycles. The topological polar surface area (TPSA) is 117 Å². The van der Waals surface area contributed by atoms with Crippen LogP contribution in [0.2, 0.25) is 5.02 Å². The van der Waals surface area contributed by atoms with Gasteiger partial charge in [-0.2, -0.15) is 0 Å². The highest BCUT2D eigenvalue weighted by Gasteiger charge is 2.44. The summed E-state index contributed by atoms with van der Waals surface area (Å²) in [5, 5.41) is 4.38. The van der Waals surface area contributed by atoms with E-state index in [1.54, 1.807) is 42.6 Å². The van der Waals surface area contributed by atoms with E-state index in [-0.39, 0.29) is 12.7 Å². The van der Waals surface area contributed by atoms with Gasteiger partial charge in [-0.15, -0.1) is 0 Å². The van der Waals surface area contributed by atoms with Crippen molar-refractivity contribution in [3.8, 4) is 5.88 Å². The Labute approximate surface area is 213 Å². The molecule has 0 spiro atoms. The molecule has 36 heavy (non-hydrogen) atoms. The Morgan fingerprint density at radius 2 is 1.83 bits per heavy atom. The fourth-order valence-corrected chi connectivity index (χ4v) is 4.28. The van der Waals surface area contributed by atoms with Crippen LogP contribution in [0.1, 0.15) is 42.5 Å². The Morgan fingerprint density at radius 1 is 1.14 bits per heavy atom. The summed E-state index contributed by atoms with van der Waals surface area (Å²) in [6.07, 6.45) is 0.714. The van der Waals surface area contributed by atoms with Crippen LogP contribution in [0.5, 0.6) is 5.88 Å². The normalized spacial score (nSPS) is 16.7. The van der Waals surface area contributed by atoms with Crippen LogP contribution in [0.4, 0.5) is 4.79 Å². The van der Waals surface area contributed by atoms with E-state index in [0.717, 1.165) is 10.5 Å². The van der Waals surface area contributed by atoms with E-state index in [1.165, 1.54) is 0 Å². The van der Waals surface area contributed by atoms with Crippen LogP contribution in [0.3, 0.4) is 0 Å². The number of imide groups is 1. The number of halogens is 1. The molecule has 1 fully saturated rings. The maximum Gasteiger partial charge on any atom is 0.417 e. The number of carbonyl (C=O) groups is 2. The van der Waals surface area contributed by atoms with Gasteiger partial charge in [0, 0.05) is 28.1 Å². The molecule has 0 N–H and O–H groups in total. The minimum Gasteiger partial charge on any atom is -0.475 e. The fraction of sp³-hybridized carbons (Fsp3) is 0.269. The van der Waals surface area contributed by atoms with Crippen molar-refractivity contribution in [3.05, 3.63) is 105 Å². The summed E-state index contributed by atoms with van der Waals surface area (Å²) in [6, 6.07) is 17.4. The predicted molar refractivity (Wildman–Crippen MR) is 134 cm³/mol. The minimum atomic E-state index is -1.30. The molecule has 2 heterocycles. The number of hydrogen-bond donors (Lipinski definition) is 0. The third kappa shape index (κ3) is 5.43. The third-order valence-corrected chi connectivity index (χ3v) is 6.00. The Bertz CT molecular complexity index is 1260. The summed E-state index contributed by atoms with van der Waals surface area (Å²) in [4.78, 5) is 34.9. The van der Waals surface area contributed by atoms with E-state index in [1.807, 2.05) is 44.2 Å². The second-order valence-electron chi connectivity index (χ2n) is 8.49. The molecule has 0 saturated carbocycles. The molecule has 10 heteroatoms. The number of aromatic nitrogens is 1. The van der Waals surface area contributed by atoms with Crippen LogP contribution in [0.25, 0.3) is 10.4 Å². The minimum absolute atomic E-state index is 0.00593. The van der Waals surface area contributed by atoms with Crippen LogP contribution < -0.4 is 4.74 Å². The Kier molecular flexibility index (Phi) is 7.73. The molecule has 1 saturated heterocycles. The largest absolute Gasteiger partial charge is 0.475 e. The molecule has 9 nitrogen and oxygen atoms in total. The van der Waals surface area contributed by atoms with Gasteiger partial charge in [0.2, 0.25) is 11.8 Å². The molecule has 1 aromatic heterocycles. The summed E-state index contributed by atoms with van der Waals surface area (Å²) >= 11 is 6.10. The molecule has 0 unspecified atom stereocenters. The number of cyclic esters (lactones) is 1. The van der Waals surface area contributed by atoms with Gasteiger partial charge in [0.05, 0.1) is 6.10 Å². The first-order valence-electron chi connectivity index (χ1n) is 11.4. The summed E-state index contributed by atoms with van der Waals surface area (Å²) in [5.74, 6) is -1.01. The van der Waals surface area contributed by atoms with Crippen molar-refractivity contribution >= 4 is 23.6 Å². The molecule has 1 aliphatic heterocycles. The van der Waals surface area contributed by atoms with E-state index in [2.05, 4.69) is 15.0 Å². The maximum atomic E-state index is 13.9. The first-order valence-corrected chi connectivity index (χ1v) is 11.7. The second kappa shape index (κ2) is 11.1. The molecular weight excluding hydrogens is 482 g/mol. The van der Waals surface area contributed by atoms with Crippen LogP contribution in [0, 0.1) is 0 Å². The number of amides is 2. The number of nitrogens with zero attached hydrogens (tertiary/aromatic N) is 5. The van der Waals surface area contributed by atoms with E-state index in [9.17, 15) is 15.1 Å². The highest BCUT2D eigenvalue weighted by atomic mass is 35.5. The number of rotatable bonds is 8. The summed E-state index contributed by atoms with van der Waals surface area (Å²) in [6.45, 7) is 3.79. The zero-order valence-corrected chi connectivity index (χ0v) is 20.4. The number of hydrogen-bond acceptors (Lipinski definition) is 6. The zero-order chi connectivity index (χ0) is 25.7.